The number of carbonyl (C=O) groups excluding carboxylic acids is 1. The predicted molar refractivity (Wildman–Crippen MR) is 34.3 cm³/mol. The highest BCUT2D eigenvalue weighted by atomic mass is 19.4. The van der Waals surface area contributed by atoms with Crippen LogP contribution in [0.4, 0.5) is 13.2 Å². The number of rotatable bonds is 1. The average molecular weight is 180 g/mol. The topological polar surface area (TPSA) is 26.3 Å². The first-order valence-electron chi connectivity index (χ1n) is 3.37. The van der Waals surface area contributed by atoms with Crippen LogP contribution in [0, 0.1) is 0 Å². The highest BCUT2D eigenvalue weighted by Gasteiger charge is 2.42. The fourth-order valence-electron chi connectivity index (χ4n) is 1.01. The van der Waals surface area contributed by atoms with E-state index < -0.39 is 12.0 Å². The van der Waals surface area contributed by atoms with Crippen LogP contribution in [0.5, 0.6) is 0 Å². The van der Waals surface area contributed by atoms with Crippen LogP contribution in [-0.4, -0.2) is 18.6 Å². The second kappa shape index (κ2) is 2.80. The molecule has 0 radical (unpaired) electrons. The molecule has 68 valence electrons. The van der Waals surface area contributed by atoms with Crippen molar-refractivity contribution >= 4 is 5.78 Å². The third kappa shape index (κ3) is 1.60. The van der Waals surface area contributed by atoms with Crippen LogP contribution in [0.25, 0.3) is 0 Å². The SMILES string of the molecule is CC1=C(C(=O)C(F)(F)F)CCO1. The van der Waals surface area contributed by atoms with Crippen molar-refractivity contribution in [1.82, 2.24) is 0 Å². The van der Waals surface area contributed by atoms with Crippen molar-refractivity contribution in [2.45, 2.75) is 19.5 Å². The summed E-state index contributed by atoms with van der Waals surface area (Å²) in [5.74, 6) is -1.69. The molecule has 0 N–H and O–H groups in total. The van der Waals surface area contributed by atoms with E-state index >= 15 is 0 Å². The molecule has 0 spiro atoms. The van der Waals surface area contributed by atoms with Gasteiger partial charge in [-0.25, -0.2) is 0 Å². The second-order valence-electron chi connectivity index (χ2n) is 2.46. The number of alkyl halides is 3. The minimum Gasteiger partial charge on any atom is -0.497 e. The smallest absolute Gasteiger partial charge is 0.454 e. The van der Waals surface area contributed by atoms with Crippen molar-refractivity contribution < 1.29 is 22.7 Å². The molecule has 0 aliphatic carbocycles. The van der Waals surface area contributed by atoms with E-state index in [1.54, 1.807) is 0 Å². The zero-order valence-corrected chi connectivity index (χ0v) is 6.36. The van der Waals surface area contributed by atoms with E-state index in [4.69, 9.17) is 4.74 Å². The van der Waals surface area contributed by atoms with E-state index in [1.807, 2.05) is 0 Å². The maximum absolute atomic E-state index is 11.8. The highest BCUT2D eigenvalue weighted by Crippen LogP contribution is 2.27. The standard InChI is InChI=1S/C7H7F3O2/c1-4-5(2-3-12-4)6(11)7(8,9)10/h2-3H2,1H3. The molecule has 0 fully saturated rings. The fourth-order valence-corrected chi connectivity index (χ4v) is 1.01. The summed E-state index contributed by atoms with van der Waals surface area (Å²) in [5, 5.41) is 0. The number of Topliss-reactive ketones (excluding diaryl/α,β-unsaturated/α-hetero) is 1. The summed E-state index contributed by atoms with van der Waals surface area (Å²) in [7, 11) is 0. The lowest BCUT2D eigenvalue weighted by Gasteiger charge is -2.04. The largest absolute Gasteiger partial charge is 0.497 e. The van der Waals surface area contributed by atoms with Gasteiger partial charge in [0.05, 0.1) is 6.61 Å². The Bertz CT molecular complexity index is 240. The predicted octanol–water partition coefficient (Wildman–Crippen LogP) is 1.81. The Labute approximate surface area is 67.0 Å². The Morgan fingerprint density at radius 3 is 2.42 bits per heavy atom. The monoisotopic (exact) mass is 180 g/mol. The first-order chi connectivity index (χ1) is 5.43. The third-order valence-electron chi connectivity index (χ3n) is 1.63. The molecule has 5 heteroatoms. The highest BCUT2D eigenvalue weighted by molar-refractivity contribution is 6.00. The van der Waals surface area contributed by atoms with Crippen molar-refractivity contribution in [3.05, 3.63) is 11.3 Å². The molecule has 0 atom stereocenters. The molecular formula is C7H7F3O2. The normalized spacial score (nSPS) is 18.0. The van der Waals surface area contributed by atoms with Gasteiger partial charge < -0.3 is 4.74 Å². The summed E-state index contributed by atoms with van der Waals surface area (Å²) in [6.45, 7) is 1.54. The van der Waals surface area contributed by atoms with Crippen LogP contribution < -0.4 is 0 Å². The molecule has 0 saturated carbocycles. The van der Waals surface area contributed by atoms with Gasteiger partial charge in [-0.1, -0.05) is 0 Å². The number of ketones is 1. The van der Waals surface area contributed by atoms with Crippen LogP contribution in [0.3, 0.4) is 0 Å². The summed E-state index contributed by atoms with van der Waals surface area (Å²) >= 11 is 0. The third-order valence-corrected chi connectivity index (χ3v) is 1.63. The molecule has 0 aromatic rings. The summed E-state index contributed by atoms with van der Waals surface area (Å²) in [6, 6.07) is 0. The van der Waals surface area contributed by atoms with Crippen LogP contribution in [0.15, 0.2) is 11.3 Å². The molecule has 1 aliphatic heterocycles. The molecule has 0 unspecified atom stereocenters. The van der Waals surface area contributed by atoms with Gasteiger partial charge in [0.15, 0.2) is 0 Å². The van der Waals surface area contributed by atoms with Gasteiger partial charge in [0.25, 0.3) is 5.78 Å². The Morgan fingerprint density at radius 2 is 2.08 bits per heavy atom. The van der Waals surface area contributed by atoms with E-state index in [9.17, 15) is 18.0 Å². The van der Waals surface area contributed by atoms with Crippen molar-refractivity contribution in [2.24, 2.45) is 0 Å². The maximum atomic E-state index is 11.8. The fraction of sp³-hybridized carbons (Fsp3) is 0.571. The van der Waals surface area contributed by atoms with Gasteiger partial charge in [-0.3, -0.25) is 4.79 Å². The van der Waals surface area contributed by atoms with Crippen molar-refractivity contribution in [2.75, 3.05) is 6.61 Å². The lowest BCUT2D eigenvalue weighted by atomic mass is 10.1. The summed E-state index contributed by atoms with van der Waals surface area (Å²) in [6.07, 6.45) is -4.71. The summed E-state index contributed by atoms with van der Waals surface area (Å²) in [5.41, 5.74) is -0.248. The zero-order chi connectivity index (χ0) is 9.35. The van der Waals surface area contributed by atoms with E-state index in [-0.39, 0.29) is 24.4 Å². The number of ether oxygens (including phenoxy) is 1. The minimum absolute atomic E-state index is 0.0597. The van der Waals surface area contributed by atoms with Gasteiger partial charge in [-0.2, -0.15) is 13.2 Å². The van der Waals surface area contributed by atoms with Crippen molar-refractivity contribution in [3.8, 4) is 0 Å². The van der Waals surface area contributed by atoms with Gasteiger partial charge in [0.2, 0.25) is 0 Å². The molecular weight excluding hydrogens is 173 g/mol. The lowest BCUT2D eigenvalue weighted by Crippen LogP contribution is -2.24. The average Bonchev–Trinajstić information content (AvgIpc) is 2.31. The number of hydrogen-bond acceptors (Lipinski definition) is 2. The first-order valence-corrected chi connectivity index (χ1v) is 3.37. The minimum atomic E-state index is -4.77. The zero-order valence-electron chi connectivity index (χ0n) is 6.36. The van der Waals surface area contributed by atoms with E-state index in [0.717, 1.165) is 0 Å². The molecule has 1 aliphatic rings. The first kappa shape index (κ1) is 9.09. The Hall–Kier alpha value is -1.00. The van der Waals surface area contributed by atoms with Crippen LogP contribution in [0.1, 0.15) is 13.3 Å². The molecule has 1 heterocycles. The quantitative estimate of drug-likeness (QED) is 0.615. The van der Waals surface area contributed by atoms with Crippen molar-refractivity contribution in [1.29, 1.82) is 0 Å². The molecule has 0 aromatic heterocycles. The summed E-state index contributed by atoms with van der Waals surface area (Å²) in [4.78, 5) is 10.6. The Kier molecular flexibility index (Phi) is 2.12. The van der Waals surface area contributed by atoms with E-state index in [2.05, 4.69) is 0 Å². The van der Waals surface area contributed by atoms with Gasteiger partial charge in [0, 0.05) is 12.0 Å². The molecule has 12 heavy (non-hydrogen) atoms. The van der Waals surface area contributed by atoms with Gasteiger partial charge in [0.1, 0.15) is 5.76 Å². The van der Waals surface area contributed by atoms with Crippen molar-refractivity contribution in [3.63, 3.8) is 0 Å². The number of hydrogen-bond donors (Lipinski definition) is 0. The molecule has 2 nitrogen and oxygen atoms in total. The number of carbonyl (C=O) groups is 1. The van der Waals surface area contributed by atoms with Crippen LogP contribution in [0.2, 0.25) is 0 Å². The maximum Gasteiger partial charge on any atom is 0.454 e. The Balaban J connectivity index is 2.85. The molecule has 0 bridgehead atoms. The number of allylic oxidation sites excluding steroid dienone is 1. The second-order valence-corrected chi connectivity index (χ2v) is 2.46. The molecule has 0 saturated heterocycles. The lowest BCUT2D eigenvalue weighted by molar-refractivity contribution is -0.166. The Morgan fingerprint density at radius 1 is 1.50 bits per heavy atom. The van der Waals surface area contributed by atoms with E-state index in [0.29, 0.717) is 0 Å². The molecule has 0 aromatic carbocycles. The molecule has 1 rings (SSSR count). The van der Waals surface area contributed by atoms with Gasteiger partial charge in [-0.05, 0) is 6.92 Å². The van der Waals surface area contributed by atoms with Gasteiger partial charge in [-0.15, -0.1) is 0 Å². The van der Waals surface area contributed by atoms with Crippen LogP contribution >= 0.6 is 0 Å². The van der Waals surface area contributed by atoms with E-state index in [1.165, 1.54) is 6.92 Å². The van der Waals surface area contributed by atoms with Gasteiger partial charge >= 0.3 is 6.18 Å². The van der Waals surface area contributed by atoms with Crippen LogP contribution in [-0.2, 0) is 9.53 Å². The summed E-state index contributed by atoms with van der Waals surface area (Å²) < 4.78 is 40.2. The molecule has 0 amide bonds. The number of halogens is 3.